The number of carboxylic acid groups (broad SMARTS) is 1. The van der Waals surface area contributed by atoms with Gasteiger partial charge < -0.3 is 10.4 Å². The van der Waals surface area contributed by atoms with Crippen molar-refractivity contribution in [3.8, 4) is 0 Å². The van der Waals surface area contributed by atoms with Gasteiger partial charge in [0.2, 0.25) is 0 Å². The molecule has 6 heteroatoms. The number of aryl methyl sites for hydroxylation is 1. The molecule has 0 bridgehead atoms. The Kier molecular flexibility index (Phi) is 6.20. The van der Waals surface area contributed by atoms with Gasteiger partial charge in [-0.25, -0.2) is 4.79 Å². The molecule has 0 aliphatic carbocycles. The monoisotopic (exact) mass is 408 g/mol. The van der Waals surface area contributed by atoms with Gasteiger partial charge in [-0.1, -0.05) is 48.0 Å². The Morgan fingerprint density at radius 1 is 1.00 bits per heavy atom. The number of ketones is 1. The highest BCUT2D eigenvalue weighted by Gasteiger charge is 2.17. The van der Waals surface area contributed by atoms with Crippen molar-refractivity contribution in [1.29, 1.82) is 0 Å². The molecule has 0 saturated carbocycles. The molecule has 0 unspecified atom stereocenters. The Bertz CT molecular complexity index is 1070. The summed E-state index contributed by atoms with van der Waals surface area (Å²) < 4.78 is 0. The smallest absolute Gasteiger partial charge is 0.411 e. The van der Waals surface area contributed by atoms with Crippen molar-refractivity contribution < 1.29 is 14.7 Å². The van der Waals surface area contributed by atoms with E-state index in [0.29, 0.717) is 39.8 Å². The fraction of sp³-hybridized carbons (Fsp3) is 0.130. The summed E-state index contributed by atoms with van der Waals surface area (Å²) in [6.07, 6.45) is -1.03. The molecule has 3 aromatic carbocycles. The summed E-state index contributed by atoms with van der Waals surface area (Å²) in [6, 6.07) is 19.6. The quantitative estimate of drug-likeness (QED) is 0.481. The first-order chi connectivity index (χ1) is 13.9. The van der Waals surface area contributed by atoms with E-state index < -0.39 is 6.09 Å². The van der Waals surface area contributed by atoms with E-state index in [4.69, 9.17) is 11.6 Å². The SMILES string of the molecule is CCN(C(=O)O)c1ccccc1Nc1ccc(C(=O)c2ccccc2C)c(Cl)c1. The molecule has 0 fully saturated rings. The van der Waals surface area contributed by atoms with Crippen LogP contribution in [0.15, 0.2) is 66.7 Å². The lowest BCUT2D eigenvalue weighted by Gasteiger charge is -2.21. The Morgan fingerprint density at radius 2 is 1.69 bits per heavy atom. The molecule has 0 radical (unpaired) electrons. The van der Waals surface area contributed by atoms with E-state index in [9.17, 15) is 14.7 Å². The zero-order chi connectivity index (χ0) is 21.0. The topological polar surface area (TPSA) is 69.6 Å². The van der Waals surface area contributed by atoms with Gasteiger partial charge in [-0.05, 0) is 49.7 Å². The summed E-state index contributed by atoms with van der Waals surface area (Å²) in [6.45, 7) is 3.97. The predicted molar refractivity (Wildman–Crippen MR) is 117 cm³/mol. The lowest BCUT2D eigenvalue weighted by Crippen LogP contribution is -2.29. The normalized spacial score (nSPS) is 10.4. The lowest BCUT2D eigenvalue weighted by molar-refractivity contribution is 0.103. The van der Waals surface area contributed by atoms with E-state index in [-0.39, 0.29) is 5.78 Å². The molecule has 29 heavy (non-hydrogen) atoms. The molecule has 0 saturated heterocycles. The van der Waals surface area contributed by atoms with Crippen molar-refractivity contribution in [2.75, 3.05) is 16.8 Å². The molecule has 3 aromatic rings. The highest BCUT2D eigenvalue weighted by atomic mass is 35.5. The van der Waals surface area contributed by atoms with E-state index in [1.807, 2.05) is 31.2 Å². The predicted octanol–water partition coefficient (Wildman–Crippen LogP) is 6.13. The second-order valence-electron chi connectivity index (χ2n) is 6.51. The number of halogens is 1. The number of nitrogens with one attached hydrogen (secondary N) is 1. The number of benzene rings is 3. The first kappa shape index (κ1) is 20.4. The average Bonchev–Trinajstić information content (AvgIpc) is 2.69. The summed E-state index contributed by atoms with van der Waals surface area (Å²) in [4.78, 5) is 25.6. The van der Waals surface area contributed by atoms with Crippen molar-refractivity contribution in [2.45, 2.75) is 13.8 Å². The van der Waals surface area contributed by atoms with Crippen molar-refractivity contribution in [1.82, 2.24) is 0 Å². The van der Waals surface area contributed by atoms with Crippen LogP contribution in [0.4, 0.5) is 21.9 Å². The van der Waals surface area contributed by atoms with Crippen LogP contribution in [0.5, 0.6) is 0 Å². The van der Waals surface area contributed by atoms with E-state index in [1.54, 1.807) is 49.4 Å². The van der Waals surface area contributed by atoms with Gasteiger partial charge in [0.25, 0.3) is 0 Å². The third-order valence-corrected chi connectivity index (χ3v) is 4.94. The first-order valence-electron chi connectivity index (χ1n) is 9.18. The lowest BCUT2D eigenvalue weighted by atomic mass is 9.99. The van der Waals surface area contributed by atoms with Crippen molar-refractivity contribution in [3.63, 3.8) is 0 Å². The largest absolute Gasteiger partial charge is 0.465 e. The summed E-state index contributed by atoms with van der Waals surface area (Å²) in [5.41, 5.74) is 3.74. The van der Waals surface area contributed by atoms with Crippen molar-refractivity contribution >= 4 is 40.5 Å². The van der Waals surface area contributed by atoms with Gasteiger partial charge >= 0.3 is 6.09 Å². The minimum absolute atomic E-state index is 0.136. The third-order valence-electron chi connectivity index (χ3n) is 4.62. The zero-order valence-corrected chi connectivity index (χ0v) is 16.9. The summed E-state index contributed by atoms with van der Waals surface area (Å²) in [5.74, 6) is -0.136. The van der Waals surface area contributed by atoms with Crippen LogP contribution in [0.2, 0.25) is 5.02 Å². The van der Waals surface area contributed by atoms with Gasteiger partial charge in [0, 0.05) is 23.4 Å². The maximum Gasteiger partial charge on any atom is 0.411 e. The van der Waals surface area contributed by atoms with Gasteiger partial charge in [0.05, 0.1) is 16.4 Å². The van der Waals surface area contributed by atoms with E-state index in [0.717, 1.165) is 5.56 Å². The number of anilines is 3. The van der Waals surface area contributed by atoms with Crippen LogP contribution < -0.4 is 10.2 Å². The Balaban J connectivity index is 1.90. The van der Waals surface area contributed by atoms with E-state index in [1.165, 1.54) is 4.90 Å². The number of rotatable bonds is 6. The molecule has 0 aromatic heterocycles. The maximum atomic E-state index is 12.8. The molecule has 5 nitrogen and oxygen atoms in total. The molecule has 0 aliphatic rings. The highest BCUT2D eigenvalue weighted by Crippen LogP contribution is 2.31. The second-order valence-corrected chi connectivity index (χ2v) is 6.91. The third kappa shape index (κ3) is 4.41. The molecular formula is C23H21ClN2O3. The van der Waals surface area contributed by atoms with Crippen LogP contribution in [0, 0.1) is 6.92 Å². The number of hydrogen-bond donors (Lipinski definition) is 2. The number of hydrogen-bond acceptors (Lipinski definition) is 3. The number of amides is 1. The van der Waals surface area contributed by atoms with E-state index >= 15 is 0 Å². The fourth-order valence-corrected chi connectivity index (χ4v) is 3.39. The summed E-state index contributed by atoms with van der Waals surface area (Å²) >= 11 is 6.41. The maximum absolute atomic E-state index is 12.8. The summed E-state index contributed by atoms with van der Waals surface area (Å²) in [5, 5.41) is 13.0. The van der Waals surface area contributed by atoms with Crippen LogP contribution >= 0.6 is 11.6 Å². The number of carbonyl (C=O) groups excluding carboxylic acids is 1. The molecular weight excluding hydrogens is 388 g/mol. The molecule has 1 amide bonds. The van der Waals surface area contributed by atoms with Crippen LogP contribution in [-0.4, -0.2) is 23.5 Å². The highest BCUT2D eigenvalue weighted by molar-refractivity contribution is 6.35. The number of para-hydroxylation sites is 2. The molecule has 0 atom stereocenters. The van der Waals surface area contributed by atoms with Crippen LogP contribution in [0.3, 0.4) is 0 Å². The second kappa shape index (κ2) is 8.80. The van der Waals surface area contributed by atoms with Gasteiger partial charge in [-0.2, -0.15) is 0 Å². The van der Waals surface area contributed by atoms with Gasteiger partial charge in [-0.15, -0.1) is 0 Å². The molecule has 0 aliphatic heterocycles. The Labute approximate surface area is 174 Å². The molecule has 2 N–H and O–H groups in total. The molecule has 0 heterocycles. The van der Waals surface area contributed by atoms with Gasteiger partial charge in [0.1, 0.15) is 0 Å². The molecule has 0 spiro atoms. The Morgan fingerprint density at radius 3 is 2.34 bits per heavy atom. The number of nitrogens with zero attached hydrogens (tertiary/aromatic N) is 1. The van der Waals surface area contributed by atoms with Gasteiger partial charge in [0.15, 0.2) is 5.78 Å². The Hall–Kier alpha value is -3.31. The van der Waals surface area contributed by atoms with Crippen molar-refractivity contribution in [3.05, 3.63) is 88.4 Å². The molecule has 148 valence electrons. The number of carbonyl (C=O) groups is 2. The van der Waals surface area contributed by atoms with Crippen molar-refractivity contribution in [2.24, 2.45) is 0 Å². The molecule has 3 rings (SSSR count). The van der Waals surface area contributed by atoms with Crippen LogP contribution in [-0.2, 0) is 0 Å². The first-order valence-corrected chi connectivity index (χ1v) is 9.56. The minimum Gasteiger partial charge on any atom is -0.465 e. The standard InChI is InChI=1S/C23H21ClN2O3/c1-3-26(23(28)29)21-11-7-6-10-20(21)25-16-12-13-18(19(24)14-16)22(27)17-9-5-4-8-15(17)2/h4-14,25H,3H2,1-2H3,(H,28,29). The zero-order valence-electron chi connectivity index (χ0n) is 16.1. The van der Waals surface area contributed by atoms with E-state index in [2.05, 4.69) is 5.32 Å². The van der Waals surface area contributed by atoms with Gasteiger partial charge in [-0.3, -0.25) is 9.69 Å². The minimum atomic E-state index is -1.03. The van der Waals surface area contributed by atoms with Crippen LogP contribution in [0.1, 0.15) is 28.4 Å². The average molecular weight is 409 g/mol. The summed E-state index contributed by atoms with van der Waals surface area (Å²) in [7, 11) is 0. The van der Waals surface area contributed by atoms with Crippen LogP contribution in [0.25, 0.3) is 0 Å². The fourth-order valence-electron chi connectivity index (χ4n) is 3.13.